The van der Waals surface area contributed by atoms with Gasteiger partial charge in [0.1, 0.15) is 10.1 Å². The molecule has 0 aliphatic rings. The summed E-state index contributed by atoms with van der Waals surface area (Å²) in [6.07, 6.45) is 0. The van der Waals surface area contributed by atoms with E-state index in [0.29, 0.717) is 5.69 Å². The molecule has 0 saturated carbocycles. The molecule has 0 unspecified atom stereocenters. The Morgan fingerprint density at radius 2 is 1.72 bits per heavy atom. The van der Waals surface area contributed by atoms with Crippen molar-refractivity contribution in [2.45, 2.75) is 4.90 Å². The Bertz CT molecular complexity index is 501. The van der Waals surface area contributed by atoms with Crippen LogP contribution < -0.4 is 40.3 Å². The van der Waals surface area contributed by atoms with Crippen LogP contribution in [0.5, 0.6) is 0 Å². The Balaban J connectivity index is 0.00000289. The van der Waals surface area contributed by atoms with Crippen molar-refractivity contribution < 1.29 is 47.3 Å². The molecule has 9 heteroatoms. The minimum atomic E-state index is -4.45. The molecule has 0 aliphatic heterocycles. The smallest absolute Gasteiger partial charge is 0.744 e. The minimum Gasteiger partial charge on any atom is -0.744 e. The van der Waals surface area contributed by atoms with Crippen molar-refractivity contribution in [1.82, 2.24) is 10.4 Å². The first-order valence-corrected chi connectivity index (χ1v) is 6.01. The van der Waals surface area contributed by atoms with Gasteiger partial charge >= 0.3 is 35.6 Å². The maximum atomic E-state index is 11.3. The first-order valence-electron chi connectivity index (χ1n) is 4.60. The fourth-order valence-electron chi connectivity index (χ4n) is 1.07. The molecule has 0 bridgehead atoms. The van der Waals surface area contributed by atoms with Crippen molar-refractivity contribution in [1.29, 1.82) is 0 Å². The second-order valence-electron chi connectivity index (χ2n) is 3.44. The predicted molar refractivity (Wildman–Crippen MR) is 60.2 cm³/mol. The molecule has 7 nitrogen and oxygen atoms in total. The van der Waals surface area contributed by atoms with Gasteiger partial charge in [-0.3, -0.25) is 5.43 Å². The van der Waals surface area contributed by atoms with E-state index < -0.39 is 16.1 Å². The summed E-state index contributed by atoms with van der Waals surface area (Å²) in [5, 5.41) is 3.91. The van der Waals surface area contributed by atoms with E-state index in [9.17, 15) is 17.8 Å². The Kier molecular flexibility index (Phi) is 6.82. The normalized spacial score (nSPS) is 10.7. The van der Waals surface area contributed by atoms with Crippen LogP contribution in [0.4, 0.5) is 10.5 Å². The molecule has 0 heterocycles. The molecule has 0 fully saturated rings. The van der Waals surface area contributed by atoms with Crippen LogP contribution in [0.2, 0.25) is 0 Å². The van der Waals surface area contributed by atoms with Gasteiger partial charge in [0.25, 0.3) is 0 Å². The van der Waals surface area contributed by atoms with Crippen LogP contribution in [-0.2, 0) is 10.1 Å². The number of nitrogens with zero attached hydrogens (tertiary/aromatic N) is 1. The monoisotopic (exact) mass is 281 g/mol. The van der Waals surface area contributed by atoms with Crippen molar-refractivity contribution in [3.05, 3.63) is 24.3 Å². The fraction of sp³-hybridized carbons (Fsp3) is 0.222. The van der Waals surface area contributed by atoms with Gasteiger partial charge in [0.2, 0.25) is 0 Å². The summed E-state index contributed by atoms with van der Waals surface area (Å²) in [4.78, 5) is 10.9. The van der Waals surface area contributed by atoms with Crippen molar-refractivity contribution in [2.24, 2.45) is 0 Å². The van der Waals surface area contributed by atoms with E-state index in [1.54, 1.807) is 14.1 Å². The molecule has 94 valence electrons. The summed E-state index contributed by atoms with van der Waals surface area (Å²) in [5.74, 6) is 0. The summed E-state index contributed by atoms with van der Waals surface area (Å²) >= 11 is 0. The van der Waals surface area contributed by atoms with Gasteiger partial charge in [-0.1, -0.05) is 0 Å². The van der Waals surface area contributed by atoms with E-state index in [1.807, 2.05) is 0 Å². The maximum Gasteiger partial charge on any atom is 1.00 e. The number of anilines is 1. The van der Waals surface area contributed by atoms with E-state index in [-0.39, 0.29) is 34.5 Å². The van der Waals surface area contributed by atoms with Gasteiger partial charge in [0.15, 0.2) is 0 Å². The van der Waals surface area contributed by atoms with E-state index in [2.05, 4.69) is 10.7 Å². The zero-order valence-electron chi connectivity index (χ0n) is 10.3. The van der Waals surface area contributed by atoms with Crippen molar-refractivity contribution >= 4 is 21.8 Å². The maximum absolute atomic E-state index is 11.3. The van der Waals surface area contributed by atoms with E-state index in [0.717, 1.165) is 12.1 Å². The number of nitrogens with one attached hydrogen (secondary N) is 2. The fourth-order valence-corrected chi connectivity index (χ4v) is 1.54. The van der Waals surface area contributed by atoms with Gasteiger partial charge in [0.05, 0.1) is 4.90 Å². The summed E-state index contributed by atoms with van der Waals surface area (Å²) in [5.41, 5.74) is 2.83. The standard InChI is InChI=1S/C9H13N3O4S.Na/c1-12(2)11-9(13)10-7-3-5-8(6-4-7)17(14,15)16;/h3-6H,1-2H3,(H2,10,11,13)(H,14,15,16);/q;+1/p-1. The molecule has 1 rings (SSSR count). The van der Waals surface area contributed by atoms with Crippen LogP contribution in [0.15, 0.2) is 29.2 Å². The van der Waals surface area contributed by atoms with Gasteiger partial charge in [-0.2, -0.15) is 0 Å². The first-order chi connectivity index (χ1) is 7.79. The van der Waals surface area contributed by atoms with E-state index in [1.165, 1.54) is 17.1 Å². The molecule has 0 aliphatic carbocycles. The number of carbonyl (C=O) groups excluding carboxylic acids is 1. The molecule has 1 aromatic carbocycles. The van der Waals surface area contributed by atoms with Gasteiger partial charge in [-0.15, -0.1) is 0 Å². The number of amides is 2. The average Bonchev–Trinajstić information content (AvgIpc) is 2.15. The number of rotatable bonds is 3. The predicted octanol–water partition coefficient (Wildman–Crippen LogP) is -2.81. The molecular formula is C9H12N3NaO4S. The van der Waals surface area contributed by atoms with Crippen LogP contribution >= 0.6 is 0 Å². The number of urea groups is 1. The van der Waals surface area contributed by atoms with Crippen molar-refractivity contribution in [2.75, 3.05) is 19.4 Å². The Hall–Kier alpha value is -0.640. The molecule has 18 heavy (non-hydrogen) atoms. The van der Waals surface area contributed by atoms with Crippen LogP contribution in [-0.4, -0.2) is 38.1 Å². The summed E-state index contributed by atoms with van der Waals surface area (Å²) in [6, 6.07) is 4.47. The molecule has 2 amide bonds. The van der Waals surface area contributed by atoms with Crippen LogP contribution in [0.25, 0.3) is 0 Å². The zero-order valence-corrected chi connectivity index (χ0v) is 13.1. The summed E-state index contributed by atoms with van der Waals surface area (Å²) in [6.45, 7) is 0. The summed E-state index contributed by atoms with van der Waals surface area (Å²) in [7, 11) is -1.16. The van der Waals surface area contributed by atoms with Gasteiger partial charge < -0.3 is 9.87 Å². The number of benzene rings is 1. The zero-order chi connectivity index (χ0) is 13.1. The van der Waals surface area contributed by atoms with Gasteiger partial charge in [-0.05, 0) is 24.3 Å². The quantitative estimate of drug-likeness (QED) is 0.354. The number of hydrogen-bond donors (Lipinski definition) is 2. The third-order valence-electron chi connectivity index (χ3n) is 1.73. The molecule has 0 atom stereocenters. The Morgan fingerprint density at radius 3 is 2.11 bits per heavy atom. The Labute approximate surface area is 128 Å². The molecule has 0 aromatic heterocycles. The van der Waals surface area contributed by atoms with Gasteiger partial charge in [0, 0.05) is 19.8 Å². The number of carbonyl (C=O) groups is 1. The summed E-state index contributed by atoms with van der Waals surface area (Å²) < 4.78 is 31.9. The van der Waals surface area contributed by atoms with Crippen LogP contribution in [0.3, 0.4) is 0 Å². The first kappa shape index (κ1) is 17.4. The second kappa shape index (κ2) is 7.07. The second-order valence-corrected chi connectivity index (χ2v) is 4.82. The average molecular weight is 281 g/mol. The SMILES string of the molecule is CN(C)NC(=O)Nc1ccc(S(=O)(=O)[O-])cc1.[Na+]. The largest absolute Gasteiger partial charge is 1.00 e. The topological polar surface area (TPSA) is 102 Å². The van der Waals surface area contributed by atoms with E-state index >= 15 is 0 Å². The third-order valence-corrected chi connectivity index (χ3v) is 2.58. The van der Waals surface area contributed by atoms with Crippen molar-refractivity contribution in [3.8, 4) is 0 Å². The molecule has 1 aromatic rings. The number of hydrazine groups is 1. The molecule has 2 N–H and O–H groups in total. The molecular weight excluding hydrogens is 269 g/mol. The van der Waals surface area contributed by atoms with Gasteiger partial charge in [-0.25, -0.2) is 18.2 Å². The van der Waals surface area contributed by atoms with Crippen LogP contribution in [0, 0.1) is 0 Å². The number of hydrogen-bond acceptors (Lipinski definition) is 5. The third kappa shape index (κ3) is 5.80. The van der Waals surface area contributed by atoms with Crippen molar-refractivity contribution in [3.63, 3.8) is 0 Å². The molecule has 0 radical (unpaired) electrons. The Morgan fingerprint density at radius 1 is 1.22 bits per heavy atom. The van der Waals surface area contributed by atoms with Crippen LogP contribution in [0.1, 0.15) is 0 Å². The minimum absolute atomic E-state index is 0. The van der Waals surface area contributed by atoms with E-state index in [4.69, 9.17) is 0 Å². The molecule has 0 saturated heterocycles. The molecule has 0 spiro atoms.